The van der Waals surface area contributed by atoms with Gasteiger partial charge in [-0.1, -0.05) is 12.2 Å². The van der Waals surface area contributed by atoms with Gasteiger partial charge in [-0.05, 0) is 70.7 Å². The van der Waals surface area contributed by atoms with Gasteiger partial charge in [-0.25, -0.2) is 4.39 Å². The summed E-state index contributed by atoms with van der Waals surface area (Å²) in [5, 5.41) is 6.89. The number of nitrogens with zero attached hydrogens (tertiary/aromatic N) is 5. The van der Waals surface area contributed by atoms with Gasteiger partial charge in [0.15, 0.2) is 5.82 Å². The summed E-state index contributed by atoms with van der Waals surface area (Å²) in [6.07, 6.45) is 6.16. The molecule has 0 spiro atoms. The van der Waals surface area contributed by atoms with Crippen LogP contribution in [0, 0.1) is 5.82 Å². The summed E-state index contributed by atoms with van der Waals surface area (Å²) in [5.74, 6) is -0.428. The molecule has 4 aliphatic heterocycles. The van der Waals surface area contributed by atoms with Crippen molar-refractivity contribution in [3.05, 3.63) is 41.3 Å². The Hall–Kier alpha value is -3.51. The Bertz CT molecular complexity index is 1590. The number of piperazine rings is 1. The fourth-order valence-corrected chi connectivity index (χ4v) is 7.80. The average molecular weight is 612 g/mol. The van der Waals surface area contributed by atoms with Crippen molar-refractivity contribution in [1.29, 1.82) is 0 Å². The molecule has 6 heterocycles. The molecule has 12 heteroatoms. The standard InChI is InChI=1S/C32H37F4N7O/c1-3-6-21-24(37-2)10-9-23(32(34,35)36)25(21)28-26(33)27-22(15-38-28)29(42-16-19-7-8-20(17-42)39-19)41-30(40-27)44-18-31-11-4-13-43(31)14-5-12-31/h3,6,9-10,15,19-20,37,39H,4-5,7-8,11-14,16-18H2,1-2H3/b6-3-. The molecule has 7 rings (SSSR count). The van der Waals surface area contributed by atoms with Gasteiger partial charge >= 0.3 is 12.2 Å². The number of alkyl halides is 3. The van der Waals surface area contributed by atoms with Gasteiger partial charge in [-0.3, -0.25) is 9.88 Å². The van der Waals surface area contributed by atoms with E-state index in [9.17, 15) is 13.2 Å². The first-order valence-corrected chi connectivity index (χ1v) is 15.5. The van der Waals surface area contributed by atoms with Crippen LogP contribution in [-0.4, -0.2) is 77.3 Å². The first-order valence-electron chi connectivity index (χ1n) is 15.5. The van der Waals surface area contributed by atoms with E-state index in [2.05, 4.69) is 30.4 Å². The van der Waals surface area contributed by atoms with Gasteiger partial charge < -0.3 is 20.3 Å². The topological polar surface area (TPSA) is 78.4 Å². The van der Waals surface area contributed by atoms with Crippen LogP contribution in [0.15, 0.2) is 24.4 Å². The number of anilines is 2. The quantitative estimate of drug-likeness (QED) is 0.321. The molecule has 1 aromatic carbocycles. The van der Waals surface area contributed by atoms with E-state index in [1.165, 1.54) is 18.3 Å². The highest BCUT2D eigenvalue weighted by Crippen LogP contribution is 2.44. The first-order chi connectivity index (χ1) is 21.2. The Labute approximate surface area is 253 Å². The largest absolute Gasteiger partial charge is 0.461 e. The molecule has 2 N–H and O–H groups in total. The molecule has 234 valence electrons. The minimum atomic E-state index is -4.74. The monoisotopic (exact) mass is 611 g/mol. The van der Waals surface area contributed by atoms with Crippen molar-refractivity contribution in [3.63, 3.8) is 0 Å². The van der Waals surface area contributed by atoms with Gasteiger partial charge in [-0.15, -0.1) is 0 Å². The van der Waals surface area contributed by atoms with E-state index in [1.807, 2.05) is 0 Å². The van der Waals surface area contributed by atoms with Crippen LogP contribution < -0.4 is 20.3 Å². The number of ether oxygens (including phenoxy) is 1. The Morgan fingerprint density at radius 3 is 2.50 bits per heavy atom. The molecule has 2 bridgehead atoms. The third-order valence-corrected chi connectivity index (χ3v) is 9.83. The predicted molar refractivity (Wildman–Crippen MR) is 162 cm³/mol. The normalized spacial score (nSPS) is 23.2. The smallest absolute Gasteiger partial charge is 0.417 e. The number of hydrogen-bond acceptors (Lipinski definition) is 8. The molecule has 4 aliphatic rings. The summed E-state index contributed by atoms with van der Waals surface area (Å²) in [7, 11) is 1.61. The molecule has 0 amide bonds. The summed E-state index contributed by atoms with van der Waals surface area (Å²) in [5.41, 5.74) is -1.28. The molecule has 4 fully saturated rings. The third-order valence-electron chi connectivity index (χ3n) is 9.83. The van der Waals surface area contributed by atoms with Crippen LogP contribution >= 0.6 is 0 Å². The summed E-state index contributed by atoms with van der Waals surface area (Å²) in [6.45, 7) is 5.50. The third kappa shape index (κ3) is 4.95. The second-order valence-electron chi connectivity index (χ2n) is 12.5. The number of nitrogens with one attached hydrogen (secondary N) is 2. The maximum atomic E-state index is 16.8. The second-order valence-corrected chi connectivity index (χ2v) is 12.5. The van der Waals surface area contributed by atoms with Crippen molar-refractivity contribution in [2.45, 2.75) is 69.2 Å². The van der Waals surface area contributed by atoms with E-state index in [0.29, 0.717) is 36.6 Å². The minimum Gasteiger partial charge on any atom is -0.461 e. The van der Waals surface area contributed by atoms with Gasteiger partial charge in [0.05, 0.1) is 16.5 Å². The van der Waals surface area contributed by atoms with Gasteiger partial charge in [-0.2, -0.15) is 23.1 Å². The number of allylic oxidation sites excluding steroid dienone is 1. The molecule has 44 heavy (non-hydrogen) atoms. The maximum Gasteiger partial charge on any atom is 0.417 e. The lowest BCUT2D eigenvalue weighted by Gasteiger charge is -2.34. The Balaban J connectivity index is 1.39. The van der Waals surface area contributed by atoms with Crippen LogP contribution in [0.25, 0.3) is 28.2 Å². The van der Waals surface area contributed by atoms with E-state index in [1.54, 1.807) is 20.0 Å². The summed E-state index contributed by atoms with van der Waals surface area (Å²) < 4.78 is 66.2. The van der Waals surface area contributed by atoms with Crippen LogP contribution in [0.4, 0.5) is 29.1 Å². The maximum absolute atomic E-state index is 16.8. The van der Waals surface area contributed by atoms with E-state index in [4.69, 9.17) is 9.72 Å². The Morgan fingerprint density at radius 1 is 1.11 bits per heavy atom. The zero-order chi connectivity index (χ0) is 30.6. The van der Waals surface area contributed by atoms with Crippen LogP contribution in [0.5, 0.6) is 6.01 Å². The lowest BCUT2D eigenvalue weighted by atomic mass is 9.94. The minimum absolute atomic E-state index is 0.0382. The summed E-state index contributed by atoms with van der Waals surface area (Å²) in [6, 6.07) is 2.92. The number of pyridine rings is 1. The molecule has 2 aromatic heterocycles. The molecular weight excluding hydrogens is 574 g/mol. The Kier molecular flexibility index (Phi) is 7.39. The van der Waals surface area contributed by atoms with Gasteiger partial charge in [0.2, 0.25) is 0 Å². The highest BCUT2D eigenvalue weighted by atomic mass is 19.4. The number of rotatable bonds is 7. The zero-order valence-electron chi connectivity index (χ0n) is 25.0. The molecule has 3 aromatic rings. The number of hydrogen-bond donors (Lipinski definition) is 2. The van der Waals surface area contributed by atoms with Crippen LogP contribution in [0.3, 0.4) is 0 Å². The highest BCUT2D eigenvalue weighted by Gasteiger charge is 2.45. The number of aromatic nitrogens is 3. The molecule has 0 aliphatic carbocycles. The molecule has 0 saturated carbocycles. The molecule has 8 nitrogen and oxygen atoms in total. The first kappa shape index (κ1) is 29.2. The Morgan fingerprint density at radius 2 is 1.84 bits per heavy atom. The average Bonchev–Trinajstić information content (AvgIpc) is 3.69. The van der Waals surface area contributed by atoms with Crippen LogP contribution in [0.1, 0.15) is 56.6 Å². The van der Waals surface area contributed by atoms with Crippen LogP contribution in [-0.2, 0) is 6.18 Å². The fraction of sp³-hybridized carbons (Fsp3) is 0.531. The highest BCUT2D eigenvalue weighted by molar-refractivity contribution is 5.94. The molecule has 2 unspecified atom stereocenters. The number of fused-ring (bicyclic) bond motifs is 4. The molecule has 0 radical (unpaired) electrons. The van der Waals surface area contributed by atoms with E-state index in [-0.39, 0.29) is 40.3 Å². The summed E-state index contributed by atoms with van der Waals surface area (Å²) >= 11 is 0. The van der Waals surface area contributed by atoms with E-state index in [0.717, 1.165) is 57.7 Å². The van der Waals surface area contributed by atoms with Crippen molar-refractivity contribution < 1.29 is 22.3 Å². The van der Waals surface area contributed by atoms with Crippen molar-refractivity contribution in [2.75, 3.05) is 50.1 Å². The SMILES string of the molecule is C/C=C\c1c(NC)ccc(C(F)(F)F)c1-c1ncc2c(N3CC4CCC(C3)N4)nc(OCC34CCCN3CCC4)nc2c1F. The molecule has 2 atom stereocenters. The van der Waals surface area contributed by atoms with E-state index < -0.39 is 23.3 Å². The fourth-order valence-electron chi connectivity index (χ4n) is 7.80. The number of halogens is 4. The van der Waals surface area contributed by atoms with Crippen molar-refractivity contribution in [3.8, 4) is 17.3 Å². The van der Waals surface area contributed by atoms with E-state index >= 15 is 4.39 Å². The van der Waals surface area contributed by atoms with Gasteiger partial charge in [0.1, 0.15) is 23.6 Å². The van der Waals surface area contributed by atoms with Gasteiger partial charge in [0, 0.05) is 55.2 Å². The van der Waals surface area contributed by atoms with Crippen molar-refractivity contribution >= 4 is 28.5 Å². The van der Waals surface area contributed by atoms with Crippen molar-refractivity contribution in [1.82, 2.24) is 25.2 Å². The predicted octanol–water partition coefficient (Wildman–Crippen LogP) is 5.87. The second kappa shape index (κ2) is 11.1. The van der Waals surface area contributed by atoms with Gasteiger partial charge in [0.25, 0.3) is 0 Å². The zero-order valence-corrected chi connectivity index (χ0v) is 25.0. The lowest BCUT2D eigenvalue weighted by molar-refractivity contribution is -0.137. The summed E-state index contributed by atoms with van der Waals surface area (Å²) in [4.78, 5) is 18.3. The lowest BCUT2D eigenvalue weighted by Crippen LogP contribution is -2.51. The molecule has 4 saturated heterocycles. The molecular formula is C32H37F4N7O. The number of benzene rings is 1. The van der Waals surface area contributed by atoms with Crippen LogP contribution in [0.2, 0.25) is 0 Å². The van der Waals surface area contributed by atoms with Crippen molar-refractivity contribution in [2.24, 2.45) is 0 Å².